The summed E-state index contributed by atoms with van der Waals surface area (Å²) in [6.07, 6.45) is 4.23. The highest BCUT2D eigenvalue weighted by Gasteiger charge is 2.42. The van der Waals surface area contributed by atoms with Gasteiger partial charge in [-0.3, -0.25) is 9.48 Å². The van der Waals surface area contributed by atoms with Gasteiger partial charge in [-0.25, -0.2) is 4.79 Å². The van der Waals surface area contributed by atoms with E-state index in [4.69, 9.17) is 9.47 Å². The Morgan fingerprint density at radius 3 is 2.84 bits per heavy atom. The molecule has 0 spiro atoms. The molecule has 3 N–H and O–H groups in total. The smallest absolute Gasteiger partial charge is 0.407 e. The monoisotopic (exact) mass is 432 g/mol. The number of methoxy groups -OCH3 is 1. The van der Waals surface area contributed by atoms with Crippen LogP contribution in [-0.2, 0) is 23.1 Å². The fraction of sp³-hybridized carbons (Fsp3) is 0.714. The van der Waals surface area contributed by atoms with Crippen molar-refractivity contribution in [3.8, 4) is 0 Å². The molecule has 0 aromatic carbocycles. The highest BCUT2D eigenvalue weighted by atomic mass is 16.6. The average Bonchev–Trinajstić information content (AvgIpc) is 3.03. The fourth-order valence-corrected chi connectivity index (χ4v) is 4.47. The Bertz CT molecular complexity index is 877. The van der Waals surface area contributed by atoms with E-state index < -0.39 is 0 Å². The Morgan fingerprint density at radius 2 is 2.13 bits per heavy atom. The van der Waals surface area contributed by atoms with Gasteiger partial charge in [-0.2, -0.15) is 10.2 Å². The molecule has 0 radical (unpaired) electrons. The number of hydrogen-bond acceptors (Lipinski definition) is 7. The molecule has 2 unspecified atom stereocenters. The first-order valence-corrected chi connectivity index (χ1v) is 10.9. The van der Waals surface area contributed by atoms with Gasteiger partial charge in [0.25, 0.3) is 5.91 Å². The summed E-state index contributed by atoms with van der Waals surface area (Å²) in [5.74, 6) is 0.739. The number of nitrogens with zero attached hydrogens (tertiary/aromatic N) is 3. The second-order valence-corrected chi connectivity index (χ2v) is 9.26. The van der Waals surface area contributed by atoms with Crippen LogP contribution in [0.2, 0.25) is 0 Å². The zero-order valence-electron chi connectivity index (χ0n) is 18.6. The second kappa shape index (κ2) is 8.49. The van der Waals surface area contributed by atoms with Crippen LogP contribution in [0.1, 0.15) is 62.1 Å². The van der Waals surface area contributed by atoms with Crippen LogP contribution in [0.3, 0.4) is 0 Å². The number of carbonyl (C=O) groups is 2. The van der Waals surface area contributed by atoms with Crippen molar-refractivity contribution in [2.45, 2.75) is 70.2 Å². The number of hydrogen-bond donors (Lipinski definition) is 3. The molecule has 2 fully saturated rings. The maximum Gasteiger partial charge on any atom is 0.407 e. The third kappa shape index (κ3) is 4.84. The van der Waals surface area contributed by atoms with Crippen LogP contribution < -0.4 is 16.1 Å². The molecule has 10 heteroatoms. The van der Waals surface area contributed by atoms with Crippen LogP contribution in [0.4, 0.5) is 4.79 Å². The van der Waals surface area contributed by atoms with Gasteiger partial charge in [0.05, 0.1) is 18.3 Å². The molecule has 170 valence electrons. The van der Waals surface area contributed by atoms with E-state index in [0.717, 1.165) is 32.1 Å². The Hall–Kier alpha value is -2.62. The van der Waals surface area contributed by atoms with Crippen LogP contribution in [0, 0.1) is 11.8 Å². The number of amides is 2. The highest BCUT2D eigenvalue weighted by molar-refractivity contribution is 6.06. The number of hydrazone groups is 1. The summed E-state index contributed by atoms with van der Waals surface area (Å²) >= 11 is 0. The van der Waals surface area contributed by atoms with E-state index >= 15 is 0 Å². The topological polar surface area (TPSA) is 119 Å². The van der Waals surface area contributed by atoms with Gasteiger partial charge in [-0.15, -0.1) is 0 Å². The zero-order chi connectivity index (χ0) is 22.2. The van der Waals surface area contributed by atoms with Gasteiger partial charge in [0.1, 0.15) is 17.6 Å². The van der Waals surface area contributed by atoms with Crippen LogP contribution in [0.15, 0.2) is 11.2 Å². The lowest BCUT2D eigenvalue weighted by molar-refractivity contribution is 0.0932. The van der Waals surface area contributed by atoms with Crippen LogP contribution in [-0.4, -0.2) is 52.4 Å². The minimum atomic E-state index is -0.314. The lowest BCUT2D eigenvalue weighted by Gasteiger charge is -2.23. The maximum atomic E-state index is 12.7. The first-order chi connectivity index (χ1) is 14.8. The van der Waals surface area contributed by atoms with Crippen molar-refractivity contribution in [3.63, 3.8) is 0 Å². The number of rotatable bonds is 6. The molecule has 31 heavy (non-hydrogen) atoms. The quantitative estimate of drug-likeness (QED) is 0.629. The molecule has 0 saturated heterocycles. The first kappa shape index (κ1) is 21.6. The van der Waals surface area contributed by atoms with Crippen LogP contribution >= 0.6 is 0 Å². The highest BCUT2D eigenvalue weighted by Crippen LogP contribution is 2.36. The number of carbonyl (C=O) groups excluding carboxylic acids is 2. The summed E-state index contributed by atoms with van der Waals surface area (Å²) in [5, 5.41) is 14.5. The molecular formula is C21H32N6O4. The minimum absolute atomic E-state index is 0.0403. The molecule has 1 aliphatic heterocycles. The second-order valence-electron chi connectivity index (χ2n) is 9.26. The van der Waals surface area contributed by atoms with E-state index in [2.05, 4.69) is 33.2 Å². The SMILES string of the molecule is COCc1cc(C(=O)NC2=NNC([C@H]3CC[C@@H](OC(=O)NC4(C)CC4)C3)C2C)n(C)n1. The fourth-order valence-electron chi connectivity index (χ4n) is 4.47. The molecule has 1 aromatic rings. The molecule has 3 aliphatic rings. The van der Waals surface area contributed by atoms with Crippen molar-refractivity contribution >= 4 is 17.8 Å². The van der Waals surface area contributed by atoms with Gasteiger partial charge in [-0.1, -0.05) is 6.92 Å². The molecule has 0 bridgehead atoms. The van der Waals surface area contributed by atoms with E-state index in [-0.39, 0.29) is 35.6 Å². The molecule has 1 aromatic heterocycles. The van der Waals surface area contributed by atoms with Crippen molar-refractivity contribution in [2.24, 2.45) is 24.0 Å². The Kier molecular flexibility index (Phi) is 5.92. The molecular weight excluding hydrogens is 400 g/mol. The summed E-state index contributed by atoms with van der Waals surface area (Å²) in [4.78, 5) is 24.8. The zero-order valence-corrected chi connectivity index (χ0v) is 18.6. The van der Waals surface area contributed by atoms with Crippen LogP contribution in [0.5, 0.6) is 0 Å². The van der Waals surface area contributed by atoms with Gasteiger partial charge < -0.3 is 25.5 Å². The average molecular weight is 433 g/mol. The Morgan fingerprint density at radius 1 is 1.35 bits per heavy atom. The Labute approximate surface area is 182 Å². The van der Waals surface area contributed by atoms with Crippen molar-refractivity contribution in [1.29, 1.82) is 0 Å². The summed E-state index contributed by atoms with van der Waals surface area (Å²) < 4.78 is 12.3. The Balaban J connectivity index is 1.28. The molecule has 2 heterocycles. The van der Waals surface area contributed by atoms with E-state index in [1.165, 1.54) is 0 Å². The molecule has 2 amide bonds. The van der Waals surface area contributed by atoms with Crippen molar-refractivity contribution in [3.05, 3.63) is 17.5 Å². The molecule has 4 atom stereocenters. The van der Waals surface area contributed by atoms with Gasteiger partial charge in [0.2, 0.25) is 0 Å². The van der Waals surface area contributed by atoms with E-state index in [1.54, 1.807) is 24.9 Å². The lowest BCUT2D eigenvalue weighted by Crippen LogP contribution is -2.40. The number of aromatic nitrogens is 2. The standard InChI is InChI=1S/C21H32N6O4/c1-12-17(13-5-6-15(9-13)31-20(29)23-21(2)7-8-21)24-25-18(12)22-19(28)16-10-14(11-30-4)26-27(16)3/h10,12-13,15,17,24H,5-9,11H2,1-4H3,(H,23,29)(H,22,25,28)/t12?,13-,15+,17?/m0/s1. The third-order valence-corrected chi connectivity index (χ3v) is 6.61. The van der Waals surface area contributed by atoms with Crippen molar-refractivity contribution < 1.29 is 19.1 Å². The minimum Gasteiger partial charge on any atom is -0.446 e. The lowest BCUT2D eigenvalue weighted by atomic mass is 9.88. The number of nitrogens with one attached hydrogen (secondary N) is 3. The molecule has 4 rings (SSSR count). The molecule has 2 aliphatic carbocycles. The third-order valence-electron chi connectivity index (χ3n) is 6.61. The van der Waals surface area contributed by atoms with Crippen LogP contribution in [0.25, 0.3) is 0 Å². The normalized spacial score (nSPS) is 28.6. The van der Waals surface area contributed by atoms with Gasteiger partial charge in [0.15, 0.2) is 0 Å². The number of ether oxygens (including phenoxy) is 2. The van der Waals surface area contributed by atoms with Gasteiger partial charge in [0, 0.05) is 25.6 Å². The predicted molar refractivity (Wildman–Crippen MR) is 113 cm³/mol. The number of alkyl carbamates (subject to hydrolysis) is 1. The predicted octanol–water partition coefficient (Wildman–Crippen LogP) is 1.67. The summed E-state index contributed by atoms with van der Waals surface area (Å²) in [6.45, 7) is 4.44. The largest absolute Gasteiger partial charge is 0.446 e. The van der Waals surface area contributed by atoms with Crippen molar-refractivity contribution in [2.75, 3.05) is 7.11 Å². The summed E-state index contributed by atoms with van der Waals surface area (Å²) in [7, 11) is 3.32. The van der Waals surface area contributed by atoms with Gasteiger partial charge >= 0.3 is 6.09 Å². The first-order valence-electron chi connectivity index (χ1n) is 10.9. The summed E-state index contributed by atoms with van der Waals surface area (Å²) in [6, 6.07) is 1.82. The summed E-state index contributed by atoms with van der Waals surface area (Å²) in [5.41, 5.74) is 4.27. The van der Waals surface area contributed by atoms with E-state index in [9.17, 15) is 9.59 Å². The number of amidine groups is 1. The van der Waals surface area contributed by atoms with Gasteiger partial charge in [-0.05, 0) is 51.0 Å². The number of aryl methyl sites for hydroxylation is 1. The maximum absolute atomic E-state index is 12.7. The van der Waals surface area contributed by atoms with E-state index in [1.807, 2.05) is 6.92 Å². The molecule has 10 nitrogen and oxygen atoms in total. The molecule has 2 saturated carbocycles. The van der Waals surface area contributed by atoms with E-state index in [0.29, 0.717) is 29.7 Å². The van der Waals surface area contributed by atoms with Crippen molar-refractivity contribution in [1.82, 2.24) is 25.8 Å².